The minimum atomic E-state index is -0.00467. The molecule has 1 atom stereocenters. The number of halogens is 1. The summed E-state index contributed by atoms with van der Waals surface area (Å²) in [6.07, 6.45) is 2.71. The van der Waals surface area contributed by atoms with Crippen molar-refractivity contribution < 1.29 is 4.74 Å². The van der Waals surface area contributed by atoms with Crippen LogP contribution in [-0.2, 0) is 12.8 Å². The van der Waals surface area contributed by atoms with E-state index in [-0.39, 0.29) is 6.04 Å². The average molecular weight is 371 g/mol. The number of benzene rings is 1. The number of aromatic nitrogens is 2. The SMILES string of the molecule is CCCc1nnsc1C(Cc1cc(OC)ccc1Br)NN. The standard InChI is InChI=1S/C14H19BrN4OS/c1-3-4-12-14(21-19-18-12)13(17-16)8-9-7-10(20-2)5-6-11(9)15/h5-7,13,17H,3-4,8,16H2,1-2H3. The van der Waals surface area contributed by atoms with Crippen LogP contribution in [0, 0.1) is 0 Å². The molecule has 0 aliphatic carbocycles. The van der Waals surface area contributed by atoms with Crippen LogP contribution < -0.4 is 16.0 Å². The van der Waals surface area contributed by atoms with Gasteiger partial charge in [0.25, 0.3) is 0 Å². The van der Waals surface area contributed by atoms with Gasteiger partial charge in [-0.3, -0.25) is 11.3 Å². The number of hydrogen-bond acceptors (Lipinski definition) is 6. The molecule has 1 unspecified atom stereocenters. The van der Waals surface area contributed by atoms with E-state index in [9.17, 15) is 0 Å². The molecule has 3 N–H and O–H groups in total. The Morgan fingerprint density at radius 1 is 1.48 bits per heavy atom. The van der Waals surface area contributed by atoms with E-state index < -0.39 is 0 Å². The van der Waals surface area contributed by atoms with Crippen LogP contribution in [0.25, 0.3) is 0 Å². The third kappa shape index (κ3) is 4.00. The van der Waals surface area contributed by atoms with E-state index in [2.05, 4.69) is 37.9 Å². The van der Waals surface area contributed by atoms with E-state index in [0.717, 1.165) is 45.6 Å². The van der Waals surface area contributed by atoms with Crippen LogP contribution in [0.4, 0.5) is 0 Å². The summed E-state index contributed by atoms with van der Waals surface area (Å²) in [5, 5.41) is 4.21. The van der Waals surface area contributed by atoms with Gasteiger partial charge in [-0.15, -0.1) is 5.10 Å². The highest BCUT2D eigenvalue weighted by Gasteiger charge is 2.19. The van der Waals surface area contributed by atoms with Gasteiger partial charge in [-0.25, -0.2) is 0 Å². The lowest BCUT2D eigenvalue weighted by molar-refractivity contribution is 0.413. The molecule has 0 radical (unpaired) electrons. The predicted molar refractivity (Wildman–Crippen MR) is 88.4 cm³/mol. The molecule has 0 saturated heterocycles. The molecule has 0 aliphatic rings. The Morgan fingerprint density at radius 3 is 2.95 bits per heavy atom. The van der Waals surface area contributed by atoms with Gasteiger partial charge in [0, 0.05) is 4.47 Å². The van der Waals surface area contributed by atoms with Crippen LogP contribution in [0.3, 0.4) is 0 Å². The summed E-state index contributed by atoms with van der Waals surface area (Å²) in [5.74, 6) is 6.59. The molecule has 7 heteroatoms. The summed E-state index contributed by atoms with van der Waals surface area (Å²) in [6.45, 7) is 2.13. The van der Waals surface area contributed by atoms with Gasteiger partial charge >= 0.3 is 0 Å². The van der Waals surface area contributed by atoms with E-state index in [1.165, 1.54) is 11.5 Å². The molecule has 1 aromatic carbocycles. The van der Waals surface area contributed by atoms with Crippen molar-refractivity contribution in [2.24, 2.45) is 5.84 Å². The molecule has 114 valence electrons. The van der Waals surface area contributed by atoms with Gasteiger partial charge in [-0.05, 0) is 48.1 Å². The second-order valence-corrected chi connectivity index (χ2v) is 6.35. The maximum Gasteiger partial charge on any atom is 0.119 e. The number of rotatable bonds is 7. The number of hydrazine groups is 1. The van der Waals surface area contributed by atoms with E-state index in [1.54, 1.807) is 7.11 Å². The fraction of sp³-hybridized carbons (Fsp3) is 0.429. The monoisotopic (exact) mass is 370 g/mol. The maximum atomic E-state index is 5.75. The molecule has 0 aliphatic heterocycles. The minimum absolute atomic E-state index is 0.00467. The van der Waals surface area contributed by atoms with Crippen LogP contribution in [0.15, 0.2) is 22.7 Å². The highest BCUT2D eigenvalue weighted by Crippen LogP contribution is 2.29. The summed E-state index contributed by atoms with van der Waals surface area (Å²) in [4.78, 5) is 1.11. The van der Waals surface area contributed by atoms with Crippen LogP contribution >= 0.6 is 27.5 Å². The quantitative estimate of drug-likeness (QED) is 0.578. The number of nitrogens with zero attached hydrogens (tertiary/aromatic N) is 2. The summed E-state index contributed by atoms with van der Waals surface area (Å²) < 4.78 is 10.4. The fourth-order valence-electron chi connectivity index (χ4n) is 2.17. The summed E-state index contributed by atoms with van der Waals surface area (Å²) >= 11 is 4.98. The molecule has 0 spiro atoms. The minimum Gasteiger partial charge on any atom is -0.497 e. The molecule has 0 bridgehead atoms. The average Bonchev–Trinajstić information content (AvgIpc) is 2.95. The van der Waals surface area contributed by atoms with Crippen LogP contribution in [0.1, 0.15) is 35.5 Å². The Labute approximate surface area is 137 Å². The molecule has 5 nitrogen and oxygen atoms in total. The first-order valence-corrected chi connectivity index (χ1v) is 8.35. The number of ether oxygens (including phenoxy) is 1. The van der Waals surface area contributed by atoms with Gasteiger partial charge in [-0.2, -0.15) is 0 Å². The molecule has 1 aromatic heterocycles. The Morgan fingerprint density at radius 2 is 2.29 bits per heavy atom. The zero-order chi connectivity index (χ0) is 15.2. The van der Waals surface area contributed by atoms with Gasteiger partial charge in [0.2, 0.25) is 0 Å². The normalized spacial score (nSPS) is 12.4. The van der Waals surface area contributed by atoms with Crippen LogP contribution in [0.5, 0.6) is 5.75 Å². The first kappa shape index (κ1) is 16.4. The van der Waals surface area contributed by atoms with Gasteiger partial charge in [0.15, 0.2) is 0 Å². The van der Waals surface area contributed by atoms with Gasteiger partial charge in [-0.1, -0.05) is 33.8 Å². The van der Waals surface area contributed by atoms with Crippen molar-refractivity contribution in [3.63, 3.8) is 0 Å². The van der Waals surface area contributed by atoms with E-state index in [0.29, 0.717) is 0 Å². The van der Waals surface area contributed by atoms with Crippen molar-refractivity contribution in [3.8, 4) is 5.75 Å². The number of methoxy groups -OCH3 is 1. The van der Waals surface area contributed by atoms with Crippen molar-refractivity contribution in [1.82, 2.24) is 15.0 Å². The first-order chi connectivity index (χ1) is 10.2. The van der Waals surface area contributed by atoms with Gasteiger partial charge in [0.05, 0.1) is 23.7 Å². The largest absolute Gasteiger partial charge is 0.497 e. The maximum absolute atomic E-state index is 5.75. The Kier molecular flexibility index (Phi) is 6.10. The number of hydrogen-bond donors (Lipinski definition) is 2. The molecule has 0 saturated carbocycles. The number of aryl methyl sites for hydroxylation is 1. The second-order valence-electron chi connectivity index (χ2n) is 4.71. The van der Waals surface area contributed by atoms with Gasteiger partial charge in [0.1, 0.15) is 5.75 Å². The Balaban J connectivity index is 2.24. The summed E-state index contributed by atoms with van der Waals surface area (Å²) in [5.41, 5.74) is 5.05. The molecule has 2 aromatic rings. The van der Waals surface area contributed by atoms with Crippen LogP contribution in [0.2, 0.25) is 0 Å². The lowest BCUT2D eigenvalue weighted by Crippen LogP contribution is -2.29. The van der Waals surface area contributed by atoms with Crippen molar-refractivity contribution in [2.75, 3.05) is 7.11 Å². The predicted octanol–water partition coefficient (Wildman–Crippen LogP) is 3.01. The molecular formula is C14H19BrN4OS. The number of nitrogens with one attached hydrogen (secondary N) is 1. The zero-order valence-electron chi connectivity index (χ0n) is 12.1. The Bertz CT molecular complexity index is 590. The Hall–Kier alpha value is -1.02. The smallest absolute Gasteiger partial charge is 0.119 e. The van der Waals surface area contributed by atoms with Crippen molar-refractivity contribution in [1.29, 1.82) is 0 Å². The summed E-state index contributed by atoms with van der Waals surface area (Å²) in [6, 6.07) is 5.92. The number of nitrogens with two attached hydrogens (primary N) is 1. The highest BCUT2D eigenvalue weighted by atomic mass is 79.9. The highest BCUT2D eigenvalue weighted by molar-refractivity contribution is 9.10. The van der Waals surface area contributed by atoms with Crippen molar-refractivity contribution in [3.05, 3.63) is 38.8 Å². The fourth-order valence-corrected chi connectivity index (χ4v) is 3.33. The molecule has 0 fully saturated rings. The van der Waals surface area contributed by atoms with Crippen molar-refractivity contribution >= 4 is 27.5 Å². The zero-order valence-corrected chi connectivity index (χ0v) is 14.5. The molecular weight excluding hydrogens is 352 g/mol. The third-order valence-corrected chi connectivity index (χ3v) is 4.92. The molecule has 2 rings (SSSR count). The topological polar surface area (TPSA) is 73.1 Å². The van der Waals surface area contributed by atoms with E-state index >= 15 is 0 Å². The lowest BCUT2D eigenvalue weighted by atomic mass is 10.0. The van der Waals surface area contributed by atoms with E-state index in [4.69, 9.17) is 10.6 Å². The van der Waals surface area contributed by atoms with Crippen molar-refractivity contribution in [2.45, 2.75) is 32.2 Å². The van der Waals surface area contributed by atoms with Crippen LogP contribution in [-0.4, -0.2) is 16.7 Å². The van der Waals surface area contributed by atoms with E-state index in [1.807, 2.05) is 18.2 Å². The van der Waals surface area contributed by atoms with Gasteiger partial charge < -0.3 is 4.74 Å². The molecule has 1 heterocycles. The summed E-state index contributed by atoms with van der Waals surface area (Å²) in [7, 11) is 1.66. The second kappa shape index (κ2) is 7.84. The molecule has 21 heavy (non-hydrogen) atoms. The lowest BCUT2D eigenvalue weighted by Gasteiger charge is -2.16. The first-order valence-electron chi connectivity index (χ1n) is 6.79. The molecule has 0 amide bonds. The third-order valence-electron chi connectivity index (χ3n) is 3.27.